The van der Waals surface area contributed by atoms with E-state index in [-0.39, 0.29) is 11.1 Å². The Kier molecular flexibility index (Phi) is 11.7. The smallest absolute Gasteiger partial charge is 0.309 e. The second-order valence-corrected chi connectivity index (χ2v) is 18.3. The Morgan fingerprint density at radius 3 is 1.07 bits per heavy atom. The number of aromatic nitrogens is 1. The van der Waals surface area contributed by atoms with Crippen LogP contribution in [0.2, 0.25) is 0 Å². The third-order valence-corrected chi connectivity index (χ3v) is 13.6. The molecule has 0 aliphatic carbocycles. The Morgan fingerprint density at radius 2 is 0.644 bits per heavy atom. The van der Waals surface area contributed by atoms with Crippen LogP contribution in [0.25, 0.3) is 105 Å². The average molecular weight is 976 g/mol. The molecule has 1 heterocycles. The van der Waals surface area contributed by atoms with E-state index >= 15 is 0 Å². The summed E-state index contributed by atoms with van der Waals surface area (Å²) in [5.41, 5.74) is 9.94. The van der Waals surface area contributed by atoms with Gasteiger partial charge in [0.05, 0.1) is 27.8 Å². The molecule has 0 atom stereocenters. The van der Waals surface area contributed by atoms with Gasteiger partial charge in [-0.3, -0.25) is 0 Å². The summed E-state index contributed by atoms with van der Waals surface area (Å²) in [6, 6.07) is 59.8. The zero-order valence-electron chi connectivity index (χ0n) is 39.2. The van der Waals surface area contributed by atoms with Gasteiger partial charge in [0.2, 0.25) is 0 Å². The molecule has 73 heavy (non-hydrogen) atoms. The van der Waals surface area contributed by atoms with Crippen LogP contribution in [-0.4, -0.2) is 4.57 Å². The second-order valence-electron chi connectivity index (χ2n) is 18.3. The summed E-state index contributed by atoms with van der Waals surface area (Å²) in [7, 11) is 0. The van der Waals surface area contributed by atoms with Gasteiger partial charge >= 0.3 is 12.4 Å². The fourth-order valence-corrected chi connectivity index (χ4v) is 10.2. The van der Waals surface area contributed by atoms with E-state index in [0.29, 0.717) is 61.2 Å². The molecular weight excluding hydrogens is 935 g/mol. The minimum Gasteiger partial charge on any atom is -0.309 e. The van der Waals surface area contributed by atoms with E-state index in [1.807, 2.05) is 128 Å². The SMILES string of the molecule is Cc1ccccc1-c1cc(-c2ccc3c(c2)c2cc(-c4cc(-c5ccccc5C)cc(-c5ccccc5C(F)(F)F)c4)ccc2n3-c2ccccc2-c2cc(F)cc(F)c2)cc(-c2ccccc2C(F)(F)F)c1. The molecule has 0 amide bonds. The van der Waals surface area contributed by atoms with Crippen LogP contribution < -0.4 is 0 Å². The number of alkyl halides is 6. The molecule has 0 saturated heterocycles. The van der Waals surface area contributed by atoms with E-state index in [2.05, 4.69) is 0 Å². The number of nitrogens with zero attached hydrogens (tertiary/aromatic N) is 1. The summed E-state index contributed by atoms with van der Waals surface area (Å²) in [6.07, 6.45) is -9.24. The Morgan fingerprint density at radius 1 is 0.301 bits per heavy atom. The van der Waals surface area contributed by atoms with Crippen LogP contribution in [0.15, 0.2) is 212 Å². The summed E-state index contributed by atoms with van der Waals surface area (Å²) in [6.45, 7) is 3.91. The van der Waals surface area contributed by atoms with Crippen LogP contribution in [0.1, 0.15) is 22.3 Å². The third-order valence-electron chi connectivity index (χ3n) is 13.6. The van der Waals surface area contributed by atoms with Gasteiger partial charge in [-0.25, -0.2) is 8.78 Å². The van der Waals surface area contributed by atoms with Crippen LogP contribution in [-0.2, 0) is 12.4 Å². The number of hydrogen-bond donors (Lipinski definition) is 0. The van der Waals surface area contributed by atoms with E-state index in [1.54, 1.807) is 48.5 Å². The first-order chi connectivity index (χ1) is 35.1. The predicted octanol–water partition coefficient (Wildman–Crippen LogP) is 19.4. The molecule has 0 aliphatic rings. The van der Waals surface area contributed by atoms with Crippen LogP contribution in [0, 0.1) is 25.5 Å². The molecule has 10 aromatic carbocycles. The van der Waals surface area contributed by atoms with Crippen molar-refractivity contribution in [2.24, 2.45) is 0 Å². The van der Waals surface area contributed by atoms with Gasteiger partial charge in [0.15, 0.2) is 0 Å². The van der Waals surface area contributed by atoms with Crippen LogP contribution >= 0.6 is 0 Å². The van der Waals surface area contributed by atoms with Crippen molar-refractivity contribution in [3.63, 3.8) is 0 Å². The van der Waals surface area contributed by atoms with E-state index in [0.717, 1.165) is 62.4 Å². The molecule has 9 heteroatoms. The number of fused-ring (bicyclic) bond motifs is 3. The largest absolute Gasteiger partial charge is 0.417 e. The molecule has 11 rings (SSSR count). The summed E-state index contributed by atoms with van der Waals surface area (Å²) in [5, 5.41) is 1.48. The van der Waals surface area contributed by atoms with E-state index in [1.165, 1.54) is 36.4 Å². The maximum atomic E-state index is 14.9. The lowest BCUT2D eigenvalue weighted by Crippen LogP contribution is -2.07. The maximum absolute atomic E-state index is 14.9. The minimum absolute atomic E-state index is 0.0320. The molecule has 0 spiro atoms. The molecule has 0 saturated carbocycles. The van der Waals surface area contributed by atoms with Crippen molar-refractivity contribution in [2.45, 2.75) is 26.2 Å². The number of benzene rings is 10. The van der Waals surface area contributed by atoms with Crippen molar-refractivity contribution in [2.75, 3.05) is 0 Å². The maximum Gasteiger partial charge on any atom is 0.417 e. The number of para-hydroxylation sites is 1. The van der Waals surface area contributed by atoms with E-state index < -0.39 is 35.1 Å². The molecule has 0 fully saturated rings. The fourth-order valence-electron chi connectivity index (χ4n) is 10.2. The lowest BCUT2D eigenvalue weighted by Gasteiger charge is -2.17. The van der Waals surface area contributed by atoms with Crippen molar-refractivity contribution in [1.29, 1.82) is 0 Å². The monoisotopic (exact) mass is 975 g/mol. The first-order valence-corrected chi connectivity index (χ1v) is 23.5. The Bertz CT molecular complexity index is 3720. The molecule has 0 bridgehead atoms. The van der Waals surface area contributed by atoms with Gasteiger partial charge in [-0.1, -0.05) is 115 Å². The highest BCUT2D eigenvalue weighted by Crippen LogP contribution is 2.45. The van der Waals surface area contributed by atoms with Gasteiger partial charge in [-0.2, -0.15) is 26.3 Å². The van der Waals surface area contributed by atoms with Crippen LogP contribution in [0.3, 0.4) is 0 Å². The normalized spacial score (nSPS) is 12.0. The van der Waals surface area contributed by atoms with Crippen LogP contribution in [0.4, 0.5) is 35.1 Å². The van der Waals surface area contributed by atoms with Gasteiger partial charge < -0.3 is 4.57 Å². The lowest BCUT2D eigenvalue weighted by atomic mass is 9.89. The molecule has 1 aromatic heterocycles. The minimum atomic E-state index is -4.62. The molecule has 1 nitrogen and oxygen atoms in total. The summed E-state index contributed by atoms with van der Waals surface area (Å²) < 4.78 is 120. The van der Waals surface area contributed by atoms with Gasteiger partial charge in [-0.15, -0.1) is 0 Å². The lowest BCUT2D eigenvalue weighted by molar-refractivity contribution is -0.137. The Labute approximate surface area is 415 Å². The highest BCUT2D eigenvalue weighted by molar-refractivity contribution is 6.12. The van der Waals surface area contributed by atoms with Crippen LogP contribution in [0.5, 0.6) is 0 Å². The third kappa shape index (κ3) is 8.86. The second kappa shape index (κ2) is 18.2. The standard InChI is InChI=1S/C64H41F8N/c1-38-13-3-5-15-51(38)44-27-42(29-46(31-44)53-17-7-10-20-58(53)63(67,68)69)40-23-25-61-56(35-40)57-36-41(24-26-62(57)73(61)60-22-12-9-19-55(60)48-33-49(65)37-50(66)34-48)43-28-45(52-16-6-4-14-39(52)2)32-47(30-43)54-18-8-11-21-59(54)64(70,71)72/h3-37H,1-2H3. The quantitative estimate of drug-likeness (QED) is 0.134. The number of aryl methyl sites for hydroxylation is 2. The Balaban J connectivity index is 1.19. The molecule has 0 aliphatic heterocycles. The highest BCUT2D eigenvalue weighted by atomic mass is 19.4. The van der Waals surface area contributed by atoms with E-state index in [4.69, 9.17) is 0 Å². The van der Waals surface area contributed by atoms with Gasteiger partial charge in [0.25, 0.3) is 0 Å². The molecular formula is C64H41F8N. The van der Waals surface area contributed by atoms with Gasteiger partial charge in [0.1, 0.15) is 11.6 Å². The van der Waals surface area contributed by atoms with Gasteiger partial charge in [-0.05, 0) is 188 Å². The molecule has 0 unspecified atom stereocenters. The van der Waals surface area contributed by atoms with Gasteiger partial charge in [0, 0.05) is 22.4 Å². The molecule has 11 aromatic rings. The first kappa shape index (κ1) is 46.8. The summed E-state index contributed by atoms with van der Waals surface area (Å²) in [4.78, 5) is 0. The average Bonchev–Trinajstić information content (AvgIpc) is 3.71. The first-order valence-electron chi connectivity index (χ1n) is 23.5. The topological polar surface area (TPSA) is 4.93 Å². The summed E-state index contributed by atoms with van der Waals surface area (Å²) in [5.74, 6) is -1.48. The van der Waals surface area contributed by atoms with Crippen molar-refractivity contribution in [1.82, 2.24) is 4.57 Å². The zero-order valence-corrected chi connectivity index (χ0v) is 39.2. The zero-order chi connectivity index (χ0) is 50.8. The summed E-state index contributed by atoms with van der Waals surface area (Å²) >= 11 is 0. The van der Waals surface area contributed by atoms with Crippen molar-refractivity contribution >= 4 is 21.8 Å². The van der Waals surface area contributed by atoms with Crippen molar-refractivity contribution < 1.29 is 35.1 Å². The predicted molar refractivity (Wildman–Crippen MR) is 278 cm³/mol. The fraction of sp³-hybridized carbons (Fsp3) is 0.0625. The highest BCUT2D eigenvalue weighted by Gasteiger charge is 2.35. The van der Waals surface area contributed by atoms with E-state index in [9.17, 15) is 35.1 Å². The molecule has 0 N–H and O–H groups in total. The number of halogens is 8. The molecule has 0 radical (unpaired) electrons. The van der Waals surface area contributed by atoms with Crippen molar-refractivity contribution in [3.05, 3.63) is 246 Å². The number of rotatable bonds is 8. The number of hydrogen-bond acceptors (Lipinski definition) is 0. The molecule has 358 valence electrons. The Hall–Kier alpha value is -8.56. The van der Waals surface area contributed by atoms with Crippen molar-refractivity contribution in [3.8, 4) is 83.6 Å².